The van der Waals surface area contributed by atoms with E-state index in [2.05, 4.69) is 78.3 Å². The van der Waals surface area contributed by atoms with Crippen LogP contribution in [0.15, 0.2) is 77.3 Å². The number of halogens is 1. The molecule has 0 aliphatic carbocycles. The molecule has 2 heteroatoms. The summed E-state index contributed by atoms with van der Waals surface area (Å²) >= 11 is 3.45. The van der Waals surface area contributed by atoms with Crippen LogP contribution in [0.5, 0.6) is 0 Å². The van der Waals surface area contributed by atoms with Crippen LogP contribution in [-0.2, 0) is 0 Å². The zero-order chi connectivity index (χ0) is 17.8. The van der Waals surface area contributed by atoms with E-state index in [1.807, 2.05) is 24.3 Å². The summed E-state index contributed by atoms with van der Waals surface area (Å²) in [6.45, 7) is 4.18. The van der Waals surface area contributed by atoms with Crippen LogP contribution in [0.25, 0.3) is 21.5 Å². The van der Waals surface area contributed by atoms with Crippen molar-refractivity contribution in [2.45, 2.75) is 13.8 Å². The van der Waals surface area contributed by atoms with E-state index in [0.29, 0.717) is 0 Å². The lowest BCUT2D eigenvalue weighted by Gasteiger charge is -1.99. The molecule has 0 radical (unpaired) electrons. The first-order valence-corrected chi connectivity index (χ1v) is 8.96. The van der Waals surface area contributed by atoms with Crippen molar-refractivity contribution in [2.75, 3.05) is 0 Å². The molecule has 4 rings (SSSR count). The van der Waals surface area contributed by atoms with Gasteiger partial charge in [-0.05, 0) is 53.6 Å². The largest absolute Gasteiger partial charge is 0.298 e. The number of hydrogen-bond acceptors (Lipinski definition) is 1. The maximum Gasteiger partial charge on any atom is 0.150 e. The Labute approximate surface area is 156 Å². The third-order valence-electron chi connectivity index (χ3n) is 4.11. The molecule has 0 heterocycles. The van der Waals surface area contributed by atoms with Gasteiger partial charge < -0.3 is 0 Å². The molecule has 0 amide bonds. The lowest BCUT2D eigenvalue weighted by Crippen LogP contribution is -1.80. The fourth-order valence-electron chi connectivity index (χ4n) is 2.79. The summed E-state index contributed by atoms with van der Waals surface area (Å²) in [4.78, 5) is 10.5. The Bertz CT molecular complexity index is 1010. The van der Waals surface area contributed by atoms with Gasteiger partial charge in [0.25, 0.3) is 0 Å². The van der Waals surface area contributed by atoms with E-state index < -0.39 is 0 Å². The van der Waals surface area contributed by atoms with E-state index in [1.165, 1.54) is 27.3 Å². The number of aryl methyl sites for hydroxylation is 2. The maximum absolute atomic E-state index is 10.5. The van der Waals surface area contributed by atoms with Crippen LogP contribution in [0.1, 0.15) is 21.5 Å². The Morgan fingerprint density at radius 2 is 1.12 bits per heavy atom. The van der Waals surface area contributed by atoms with Crippen molar-refractivity contribution in [1.29, 1.82) is 0 Å². The first-order chi connectivity index (χ1) is 12.0. The lowest BCUT2D eigenvalue weighted by atomic mass is 10.1. The SMILES string of the molecule is Cc1ccc2cc(Br)ccc2c1.Cc1ccc2cc(C=O)ccc2c1. The van der Waals surface area contributed by atoms with Crippen LogP contribution < -0.4 is 0 Å². The molecule has 0 saturated carbocycles. The summed E-state index contributed by atoms with van der Waals surface area (Å²) in [5.41, 5.74) is 3.28. The van der Waals surface area contributed by atoms with Gasteiger partial charge in [-0.3, -0.25) is 4.79 Å². The number of rotatable bonds is 1. The number of hydrogen-bond donors (Lipinski definition) is 0. The van der Waals surface area contributed by atoms with Crippen LogP contribution >= 0.6 is 15.9 Å². The highest BCUT2D eigenvalue weighted by Gasteiger charge is 1.95. The summed E-state index contributed by atoms with van der Waals surface area (Å²) in [6, 6.07) is 24.7. The Balaban J connectivity index is 0.000000146. The number of carbonyl (C=O) groups excluding carboxylic acids is 1. The fourth-order valence-corrected chi connectivity index (χ4v) is 3.17. The highest BCUT2D eigenvalue weighted by Crippen LogP contribution is 2.20. The normalized spacial score (nSPS) is 10.4. The van der Waals surface area contributed by atoms with E-state index in [9.17, 15) is 4.79 Å². The summed E-state index contributed by atoms with van der Waals surface area (Å²) in [6.07, 6.45) is 0.874. The summed E-state index contributed by atoms with van der Waals surface area (Å²) in [5.74, 6) is 0. The van der Waals surface area contributed by atoms with E-state index in [-0.39, 0.29) is 0 Å². The average Bonchev–Trinajstić information content (AvgIpc) is 2.62. The minimum absolute atomic E-state index is 0.733. The molecule has 1 nitrogen and oxygen atoms in total. The second-order valence-corrected chi connectivity index (χ2v) is 7.14. The van der Waals surface area contributed by atoms with Gasteiger partial charge in [-0.2, -0.15) is 0 Å². The number of carbonyl (C=O) groups is 1. The van der Waals surface area contributed by atoms with Gasteiger partial charge in [0, 0.05) is 10.0 Å². The molecule has 0 atom stereocenters. The molecule has 0 saturated heterocycles. The molecule has 0 aliphatic heterocycles. The molecule has 0 spiro atoms. The van der Waals surface area contributed by atoms with Crippen LogP contribution in [0.2, 0.25) is 0 Å². The molecule has 0 unspecified atom stereocenters. The van der Waals surface area contributed by atoms with Gasteiger partial charge in [0.15, 0.2) is 0 Å². The van der Waals surface area contributed by atoms with Gasteiger partial charge in [0.05, 0.1) is 0 Å². The molecule has 0 bridgehead atoms. The smallest absolute Gasteiger partial charge is 0.150 e. The number of fused-ring (bicyclic) bond motifs is 2. The Morgan fingerprint density at radius 3 is 1.72 bits per heavy atom. The molecular weight excluding hydrogens is 372 g/mol. The zero-order valence-corrected chi connectivity index (χ0v) is 15.9. The summed E-state index contributed by atoms with van der Waals surface area (Å²) in [5, 5.41) is 4.90. The Hall–Kier alpha value is -2.45. The van der Waals surface area contributed by atoms with E-state index in [0.717, 1.165) is 21.7 Å². The van der Waals surface area contributed by atoms with Crippen LogP contribution in [0.3, 0.4) is 0 Å². The molecule has 124 valence electrons. The Kier molecular flexibility index (Phi) is 5.30. The van der Waals surface area contributed by atoms with Crippen molar-refractivity contribution in [3.8, 4) is 0 Å². The molecule has 4 aromatic rings. The van der Waals surface area contributed by atoms with Crippen molar-refractivity contribution in [3.63, 3.8) is 0 Å². The third-order valence-corrected chi connectivity index (χ3v) is 4.61. The monoisotopic (exact) mass is 390 g/mol. The second-order valence-electron chi connectivity index (χ2n) is 6.22. The highest BCUT2D eigenvalue weighted by molar-refractivity contribution is 9.10. The van der Waals surface area contributed by atoms with Crippen molar-refractivity contribution >= 4 is 43.8 Å². The molecule has 25 heavy (non-hydrogen) atoms. The molecule has 0 aliphatic rings. The molecule has 0 N–H and O–H groups in total. The van der Waals surface area contributed by atoms with Crippen LogP contribution in [-0.4, -0.2) is 6.29 Å². The molecular formula is C23H19BrO. The van der Waals surface area contributed by atoms with E-state index in [4.69, 9.17) is 0 Å². The number of aldehydes is 1. The summed E-state index contributed by atoms with van der Waals surface area (Å²) < 4.78 is 1.14. The second kappa shape index (κ2) is 7.62. The van der Waals surface area contributed by atoms with Crippen molar-refractivity contribution in [3.05, 3.63) is 94.0 Å². The Morgan fingerprint density at radius 1 is 0.640 bits per heavy atom. The molecule has 4 aromatic carbocycles. The van der Waals surface area contributed by atoms with Gasteiger partial charge in [0.1, 0.15) is 6.29 Å². The van der Waals surface area contributed by atoms with E-state index in [1.54, 1.807) is 0 Å². The topological polar surface area (TPSA) is 17.1 Å². The minimum Gasteiger partial charge on any atom is -0.298 e. The first kappa shape index (κ1) is 17.4. The molecule has 0 aromatic heterocycles. The minimum atomic E-state index is 0.733. The van der Waals surface area contributed by atoms with E-state index >= 15 is 0 Å². The first-order valence-electron chi connectivity index (χ1n) is 8.17. The van der Waals surface area contributed by atoms with Crippen LogP contribution in [0.4, 0.5) is 0 Å². The zero-order valence-electron chi connectivity index (χ0n) is 14.3. The van der Waals surface area contributed by atoms with Crippen molar-refractivity contribution in [1.82, 2.24) is 0 Å². The number of benzene rings is 4. The third kappa shape index (κ3) is 4.34. The van der Waals surface area contributed by atoms with Crippen molar-refractivity contribution in [2.24, 2.45) is 0 Å². The summed E-state index contributed by atoms with van der Waals surface area (Å²) in [7, 11) is 0. The van der Waals surface area contributed by atoms with Gasteiger partial charge in [0.2, 0.25) is 0 Å². The van der Waals surface area contributed by atoms with Gasteiger partial charge >= 0.3 is 0 Å². The quantitative estimate of drug-likeness (QED) is 0.324. The predicted molar refractivity (Wildman–Crippen MR) is 110 cm³/mol. The van der Waals surface area contributed by atoms with Gasteiger partial charge in [-0.15, -0.1) is 0 Å². The van der Waals surface area contributed by atoms with Crippen LogP contribution in [0, 0.1) is 13.8 Å². The van der Waals surface area contributed by atoms with Gasteiger partial charge in [-0.25, -0.2) is 0 Å². The van der Waals surface area contributed by atoms with Gasteiger partial charge in [-0.1, -0.05) is 81.7 Å². The highest BCUT2D eigenvalue weighted by atomic mass is 79.9. The van der Waals surface area contributed by atoms with Crippen molar-refractivity contribution < 1.29 is 4.79 Å². The lowest BCUT2D eigenvalue weighted by molar-refractivity contribution is 0.112. The maximum atomic E-state index is 10.5. The fraction of sp³-hybridized carbons (Fsp3) is 0.0870. The standard InChI is InChI=1S/C12H10O.C11H9Br/c1-9-2-4-12-7-10(8-13)3-5-11(12)6-9;1-8-2-3-10-7-11(12)5-4-9(10)6-8/h2-8H,1H3;2-7H,1H3. The molecule has 0 fully saturated rings. The average molecular weight is 391 g/mol. The predicted octanol–water partition coefficient (Wildman–Crippen LogP) is 6.87.